The monoisotopic (exact) mass is 429 g/mol. The van der Waals surface area contributed by atoms with Crippen LogP contribution in [-0.4, -0.2) is 41.7 Å². The third-order valence-corrected chi connectivity index (χ3v) is 7.70. The van der Waals surface area contributed by atoms with E-state index >= 15 is 0 Å². The van der Waals surface area contributed by atoms with E-state index in [1.165, 1.54) is 0 Å². The molecule has 160 valence electrons. The maximum absolute atomic E-state index is 12.2. The minimum Gasteiger partial charge on any atom is -0.382 e. The van der Waals surface area contributed by atoms with Crippen molar-refractivity contribution in [3.63, 3.8) is 0 Å². The first-order valence-electron chi connectivity index (χ1n) is 10.2. The van der Waals surface area contributed by atoms with Crippen LogP contribution >= 0.6 is 0 Å². The van der Waals surface area contributed by atoms with Crippen molar-refractivity contribution in [2.75, 3.05) is 18.0 Å². The number of aryl methyl sites for hydroxylation is 1. The second-order valence-electron chi connectivity index (χ2n) is 7.54. The van der Waals surface area contributed by atoms with Gasteiger partial charge in [-0.3, -0.25) is 4.79 Å². The van der Waals surface area contributed by atoms with Crippen molar-refractivity contribution >= 4 is 21.6 Å². The Morgan fingerprint density at radius 1 is 1.27 bits per heavy atom. The van der Waals surface area contributed by atoms with Gasteiger partial charge < -0.3 is 11.1 Å². The molecule has 0 unspecified atom stereocenters. The number of hydrogen-bond donors (Lipinski definition) is 2. The van der Waals surface area contributed by atoms with Crippen LogP contribution in [0, 0.1) is 11.3 Å². The third kappa shape index (κ3) is 5.19. The number of amides is 1. The maximum Gasteiger partial charge on any atom is 0.221 e. The van der Waals surface area contributed by atoms with E-state index in [1.807, 2.05) is 30.3 Å². The van der Waals surface area contributed by atoms with Gasteiger partial charge in [-0.25, -0.2) is 13.1 Å². The highest BCUT2D eigenvalue weighted by Gasteiger charge is 2.28. The molecule has 1 aliphatic carbocycles. The predicted molar refractivity (Wildman–Crippen MR) is 115 cm³/mol. The van der Waals surface area contributed by atoms with Gasteiger partial charge in [0.15, 0.2) is 9.84 Å². The molecule has 1 amide bonds. The second kappa shape index (κ2) is 9.76. The molecule has 0 spiro atoms. The number of nitrogens with two attached hydrogens (primary N) is 1. The van der Waals surface area contributed by atoms with E-state index in [0.29, 0.717) is 49.3 Å². The van der Waals surface area contributed by atoms with Gasteiger partial charge in [0, 0.05) is 13.0 Å². The fraction of sp³-hybridized carbons (Fsp3) is 0.476. The zero-order chi connectivity index (χ0) is 21.6. The molecule has 30 heavy (non-hydrogen) atoms. The molecule has 0 atom stereocenters. The summed E-state index contributed by atoms with van der Waals surface area (Å²) in [5, 5.41) is 16.4. The van der Waals surface area contributed by atoms with Crippen LogP contribution in [0.4, 0.5) is 5.82 Å². The summed E-state index contributed by atoms with van der Waals surface area (Å²) < 4.78 is 26.0. The highest BCUT2D eigenvalue weighted by atomic mass is 32.2. The summed E-state index contributed by atoms with van der Waals surface area (Å²) in [6.07, 6.45) is 4.36. The first-order valence-corrected chi connectivity index (χ1v) is 11.9. The summed E-state index contributed by atoms with van der Waals surface area (Å²) in [5.41, 5.74) is 7.78. The Morgan fingerprint density at radius 3 is 2.63 bits per heavy atom. The molecule has 1 aromatic heterocycles. The van der Waals surface area contributed by atoms with Crippen molar-refractivity contribution in [1.82, 2.24) is 15.1 Å². The molecule has 8 nitrogen and oxygen atoms in total. The fourth-order valence-electron chi connectivity index (χ4n) is 3.76. The van der Waals surface area contributed by atoms with Crippen LogP contribution in [0.1, 0.15) is 49.8 Å². The minimum atomic E-state index is -3.19. The number of nitriles is 1. The molecule has 3 N–H and O–H groups in total. The number of aromatic nitrogens is 2. The van der Waals surface area contributed by atoms with Crippen LogP contribution in [0.5, 0.6) is 0 Å². The number of sulfone groups is 1. The van der Waals surface area contributed by atoms with Crippen LogP contribution in [0.3, 0.4) is 0 Å². The Hall–Kier alpha value is -2.86. The number of nitrogens with one attached hydrogen (secondary N) is 1. The van der Waals surface area contributed by atoms with Crippen LogP contribution in [0.2, 0.25) is 0 Å². The van der Waals surface area contributed by atoms with E-state index in [1.54, 1.807) is 4.68 Å². The van der Waals surface area contributed by atoms with Crippen molar-refractivity contribution in [1.29, 1.82) is 5.26 Å². The molecule has 1 aromatic carbocycles. The Balaban J connectivity index is 1.48. The number of carbonyl (C=O) groups excluding carboxylic acids is 1. The quantitative estimate of drug-likeness (QED) is 0.587. The summed E-state index contributed by atoms with van der Waals surface area (Å²) >= 11 is 0. The topological polar surface area (TPSA) is 131 Å². The molecule has 0 bridgehead atoms. The van der Waals surface area contributed by atoms with Crippen molar-refractivity contribution in [2.24, 2.45) is 0 Å². The summed E-state index contributed by atoms with van der Waals surface area (Å²) in [7, 11) is -3.19. The van der Waals surface area contributed by atoms with Crippen LogP contribution in [-0.2, 0) is 21.1 Å². The molecule has 9 heteroatoms. The third-order valence-electron chi connectivity index (χ3n) is 5.44. The molecular weight excluding hydrogens is 402 g/mol. The van der Waals surface area contributed by atoms with E-state index in [9.17, 15) is 18.5 Å². The van der Waals surface area contributed by atoms with Gasteiger partial charge in [-0.15, -0.1) is 0 Å². The standard InChI is InChI=1S/C21H27N5O3S/c22-15-18-19(25-26(21(18)23)16-7-2-1-3-8-16)11-6-13-24-20(27)12-14-30(28,29)17-9-4-5-10-17/h1-3,7-8,17H,4-6,9-14,23H2,(H,24,27). The number of para-hydroxylation sites is 1. The normalized spacial score (nSPS) is 14.5. The van der Waals surface area contributed by atoms with E-state index < -0.39 is 9.84 Å². The molecule has 1 heterocycles. The summed E-state index contributed by atoms with van der Waals surface area (Å²) in [6, 6.07) is 11.4. The van der Waals surface area contributed by atoms with Crippen molar-refractivity contribution in [3.8, 4) is 11.8 Å². The Labute approximate surface area is 177 Å². The first kappa shape index (κ1) is 21.8. The molecule has 0 radical (unpaired) electrons. The highest BCUT2D eigenvalue weighted by Crippen LogP contribution is 2.25. The Kier molecular flexibility index (Phi) is 7.11. The first-order chi connectivity index (χ1) is 14.4. The molecule has 2 aromatic rings. The Morgan fingerprint density at radius 2 is 1.97 bits per heavy atom. The zero-order valence-electron chi connectivity index (χ0n) is 16.9. The average molecular weight is 430 g/mol. The number of benzene rings is 1. The number of anilines is 1. The largest absolute Gasteiger partial charge is 0.382 e. The number of nitrogen functional groups attached to an aromatic ring is 1. The molecule has 1 fully saturated rings. The van der Waals surface area contributed by atoms with Gasteiger partial charge in [-0.05, 0) is 37.8 Å². The number of nitrogens with zero attached hydrogens (tertiary/aromatic N) is 3. The van der Waals surface area contributed by atoms with Gasteiger partial charge in [0.2, 0.25) is 5.91 Å². The smallest absolute Gasteiger partial charge is 0.221 e. The maximum atomic E-state index is 12.2. The number of hydrogen-bond acceptors (Lipinski definition) is 6. The van der Waals surface area contributed by atoms with Crippen LogP contribution in [0.25, 0.3) is 5.69 Å². The predicted octanol–water partition coefficient (Wildman–Crippen LogP) is 2.12. The highest BCUT2D eigenvalue weighted by molar-refractivity contribution is 7.92. The second-order valence-corrected chi connectivity index (χ2v) is 9.94. The summed E-state index contributed by atoms with van der Waals surface area (Å²) in [5.74, 6) is -0.0774. The van der Waals surface area contributed by atoms with Crippen molar-refractivity contribution in [2.45, 2.75) is 50.2 Å². The van der Waals surface area contributed by atoms with E-state index in [4.69, 9.17) is 5.73 Å². The lowest BCUT2D eigenvalue weighted by Gasteiger charge is -2.10. The van der Waals surface area contributed by atoms with E-state index in [0.717, 1.165) is 18.5 Å². The lowest BCUT2D eigenvalue weighted by atomic mass is 10.1. The van der Waals surface area contributed by atoms with Gasteiger partial charge in [-0.1, -0.05) is 31.0 Å². The minimum absolute atomic E-state index is 0.0160. The number of rotatable bonds is 9. The average Bonchev–Trinajstić information content (AvgIpc) is 3.39. The Bertz CT molecular complexity index is 1020. The summed E-state index contributed by atoms with van der Waals surface area (Å²) in [6.45, 7) is 0.380. The van der Waals surface area contributed by atoms with Crippen molar-refractivity contribution < 1.29 is 13.2 Å². The molecule has 0 aliphatic heterocycles. The van der Waals surface area contributed by atoms with Gasteiger partial charge in [0.25, 0.3) is 0 Å². The molecule has 1 saturated carbocycles. The fourth-order valence-corrected chi connectivity index (χ4v) is 5.62. The lowest BCUT2D eigenvalue weighted by molar-refractivity contribution is -0.120. The zero-order valence-corrected chi connectivity index (χ0v) is 17.7. The van der Waals surface area contributed by atoms with Gasteiger partial charge in [0.1, 0.15) is 17.5 Å². The molecule has 0 saturated heterocycles. The van der Waals surface area contributed by atoms with Crippen LogP contribution in [0.15, 0.2) is 30.3 Å². The molecule has 1 aliphatic rings. The lowest BCUT2D eigenvalue weighted by Crippen LogP contribution is -2.29. The SMILES string of the molecule is N#Cc1c(CCCNC(=O)CCS(=O)(=O)C2CCCC2)nn(-c2ccccc2)c1N. The van der Waals surface area contributed by atoms with Gasteiger partial charge >= 0.3 is 0 Å². The molecular formula is C21H27N5O3S. The van der Waals surface area contributed by atoms with Gasteiger partial charge in [-0.2, -0.15) is 10.4 Å². The van der Waals surface area contributed by atoms with E-state index in [-0.39, 0.29) is 23.3 Å². The van der Waals surface area contributed by atoms with E-state index in [2.05, 4.69) is 16.5 Å². The summed E-state index contributed by atoms with van der Waals surface area (Å²) in [4.78, 5) is 12.0. The van der Waals surface area contributed by atoms with Gasteiger partial charge in [0.05, 0.1) is 22.4 Å². The molecule has 3 rings (SSSR count). The van der Waals surface area contributed by atoms with Crippen LogP contribution < -0.4 is 11.1 Å². The number of carbonyl (C=O) groups is 1. The van der Waals surface area contributed by atoms with Crippen molar-refractivity contribution in [3.05, 3.63) is 41.6 Å².